The summed E-state index contributed by atoms with van der Waals surface area (Å²) in [6.07, 6.45) is 5.23. The van der Waals surface area contributed by atoms with Gasteiger partial charge in [0.05, 0.1) is 30.6 Å². The van der Waals surface area contributed by atoms with Crippen LogP contribution in [0.3, 0.4) is 0 Å². The van der Waals surface area contributed by atoms with Crippen LogP contribution in [0.4, 0.5) is 4.79 Å². The molecule has 0 aromatic heterocycles. The lowest BCUT2D eigenvalue weighted by Crippen LogP contribution is -2.34. The van der Waals surface area contributed by atoms with E-state index in [9.17, 15) is 28.2 Å². The number of carboxylic acid groups (broad SMARTS) is 1. The maximum atomic E-state index is 12.7. The third kappa shape index (κ3) is 9.06. The summed E-state index contributed by atoms with van der Waals surface area (Å²) in [5.74, 6) is -0.368. The molecule has 1 aliphatic rings. The minimum atomic E-state index is -3.73. The quantitative estimate of drug-likeness (QED) is 0.256. The zero-order chi connectivity index (χ0) is 30.1. The molecule has 1 fully saturated rings. The lowest BCUT2D eigenvalue weighted by molar-refractivity contribution is 0.0961. The lowest BCUT2D eigenvalue weighted by Gasteiger charge is -2.24. The van der Waals surface area contributed by atoms with Crippen LogP contribution in [0.15, 0.2) is 72.8 Å². The van der Waals surface area contributed by atoms with Crippen LogP contribution in [-0.4, -0.2) is 61.0 Å². The molecule has 42 heavy (non-hydrogen) atoms. The summed E-state index contributed by atoms with van der Waals surface area (Å²) < 4.78 is 31.6. The van der Waals surface area contributed by atoms with Crippen LogP contribution in [0.25, 0.3) is 11.1 Å². The van der Waals surface area contributed by atoms with Crippen LogP contribution in [0.1, 0.15) is 66.1 Å². The summed E-state index contributed by atoms with van der Waals surface area (Å²) in [5.41, 5.74) is 3.62. The van der Waals surface area contributed by atoms with Gasteiger partial charge in [-0.15, -0.1) is 0 Å². The molecule has 0 spiro atoms. The van der Waals surface area contributed by atoms with Crippen LogP contribution in [0.2, 0.25) is 0 Å². The molecular weight excluding hydrogens is 556 g/mol. The fourth-order valence-corrected chi connectivity index (χ4v) is 5.61. The van der Waals surface area contributed by atoms with Gasteiger partial charge in [0, 0.05) is 6.54 Å². The number of nitrogens with zero attached hydrogens (tertiary/aromatic N) is 1. The second-order valence-corrected chi connectivity index (χ2v) is 12.5. The molecule has 3 N–H and O–H groups in total. The molecule has 0 saturated heterocycles. The molecule has 1 saturated carbocycles. The number of amides is 2. The Morgan fingerprint density at radius 2 is 1.64 bits per heavy atom. The summed E-state index contributed by atoms with van der Waals surface area (Å²) in [4.78, 5) is 25.7. The molecule has 0 aliphatic heterocycles. The number of aliphatic hydroxyl groups excluding tert-OH is 1. The van der Waals surface area contributed by atoms with Gasteiger partial charge in [-0.2, -0.15) is 0 Å². The molecule has 9 nitrogen and oxygen atoms in total. The number of aliphatic hydroxyl groups is 1. The van der Waals surface area contributed by atoms with E-state index in [2.05, 4.69) is 0 Å². The van der Waals surface area contributed by atoms with Crippen LogP contribution < -0.4 is 9.46 Å². The topological polar surface area (TPSA) is 133 Å². The van der Waals surface area contributed by atoms with Gasteiger partial charge in [0.25, 0.3) is 5.91 Å². The Morgan fingerprint density at radius 1 is 0.976 bits per heavy atom. The standard InChI is InChI=1S/C32H38N2O7S/c1-42(39,40)33-31(36)28-19-18-26(21-30(28)41-27-12-6-3-7-13-27)24-16-14-23(15-17-24)9-8-20-34(32(37)38)22-29(35)25-10-4-2-5-11-25/h2,4-5,10-11,14-19,21,27,29,35H,3,6-9,12-13,20,22H2,1H3,(H,33,36)(H,37,38)/t29-/m0/s1. The molecule has 4 rings (SSSR count). The highest BCUT2D eigenvalue weighted by Crippen LogP contribution is 2.31. The number of rotatable bonds is 12. The summed E-state index contributed by atoms with van der Waals surface area (Å²) in [5, 5.41) is 20.1. The van der Waals surface area contributed by atoms with Crippen molar-refractivity contribution >= 4 is 22.0 Å². The van der Waals surface area contributed by atoms with Gasteiger partial charge in [0.2, 0.25) is 10.0 Å². The smallest absolute Gasteiger partial charge is 0.407 e. The minimum Gasteiger partial charge on any atom is -0.490 e. The molecule has 224 valence electrons. The highest BCUT2D eigenvalue weighted by Gasteiger charge is 2.22. The molecule has 1 atom stereocenters. The Hall–Kier alpha value is -3.89. The third-order valence-corrected chi connectivity index (χ3v) is 7.94. The van der Waals surface area contributed by atoms with Crippen LogP contribution in [0, 0.1) is 0 Å². The second-order valence-electron chi connectivity index (χ2n) is 10.7. The van der Waals surface area contributed by atoms with Gasteiger partial charge in [-0.1, -0.05) is 67.1 Å². The molecule has 1 aliphatic carbocycles. The predicted octanol–water partition coefficient (Wildman–Crippen LogP) is 5.40. The van der Waals surface area contributed by atoms with E-state index in [1.54, 1.807) is 30.3 Å². The van der Waals surface area contributed by atoms with E-state index in [0.29, 0.717) is 30.7 Å². The number of benzene rings is 3. The molecular formula is C32H38N2O7S. The number of carbonyl (C=O) groups excluding carboxylic acids is 1. The first-order chi connectivity index (χ1) is 20.1. The Balaban J connectivity index is 1.42. The summed E-state index contributed by atoms with van der Waals surface area (Å²) >= 11 is 0. The lowest BCUT2D eigenvalue weighted by atomic mass is 9.97. The molecule has 0 unspecified atom stereocenters. The monoisotopic (exact) mass is 594 g/mol. The van der Waals surface area contributed by atoms with E-state index in [4.69, 9.17) is 4.74 Å². The van der Waals surface area contributed by atoms with Crippen molar-refractivity contribution in [2.75, 3.05) is 19.3 Å². The van der Waals surface area contributed by atoms with Crippen molar-refractivity contribution in [2.45, 2.75) is 57.2 Å². The van der Waals surface area contributed by atoms with Crippen LogP contribution >= 0.6 is 0 Å². The van der Waals surface area contributed by atoms with Crippen molar-refractivity contribution in [1.29, 1.82) is 0 Å². The first-order valence-electron chi connectivity index (χ1n) is 14.2. The SMILES string of the molecule is CS(=O)(=O)NC(=O)c1ccc(-c2ccc(CCCN(C[C@H](O)c3ccccc3)C(=O)O)cc2)cc1OC1CCCCC1. The van der Waals surface area contributed by atoms with E-state index in [0.717, 1.165) is 55.1 Å². The molecule has 0 heterocycles. The number of nitrogens with one attached hydrogen (secondary N) is 1. The Bertz CT molecular complexity index is 1450. The van der Waals surface area contributed by atoms with Crippen molar-refractivity contribution in [3.8, 4) is 16.9 Å². The number of sulfonamides is 1. The fraction of sp³-hybridized carbons (Fsp3) is 0.375. The van der Waals surface area contributed by atoms with Gasteiger partial charge in [-0.05, 0) is 72.9 Å². The third-order valence-electron chi connectivity index (χ3n) is 7.38. The molecule has 0 radical (unpaired) electrons. The maximum Gasteiger partial charge on any atom is 0.407 e. The van der Waals surface area contributed by atoms with Crippen LogP contribution in [0.5, 0.6) is 5.75 Å². The molecule has 3 aromatic rings. The normalized spacial score (nSPS) is 14.6. The van der Waals surface area contributed by atoms with Gasteiger partial charge in [0.1, 0.15) is 5.75 Å². The highest BCUT2D eigenvalue weighted by molar-refractivity contribution is 7.89. The zero-order valence-corrected chi connectivity index (χ0v) is 24.6. The van der Waals surface area contributed by atoms with Gasteiger partial charge in [-0.25, -0.2) is 17.9 Å². The van der Waals surface area contributed by atoms with Gasteiger partial charge >= 0.3 is 6.09 Å². The van der Waals surface area contributed by atoms with Crippen molar-refractivity contribution in [3.63, 3.8) is 0 Å². The largest absolute Gasteiger partial charge is 0.490 e. The van der Waals surface area contributed by atoms with E-state index >= 15 is 0 Å². The second kappa shape index (κ2) is 14.3. The maximum absolute atomic E-state index is 12.7. The summed E-state index contributed by atoms with van der Waals surface area (Å²) in [6, 6.07) is 22.0. The Labute approximate surface area is 247 Å². The van der Waals surface area contributed by atoms with Crippen molar-refractivity contribution in [3.05, 3.63) is 89.5 Å². The van der Waals surface area contributed by atoms with Crippen molar-refractivity contribution in [1.82, 2.24) is 9.62 Å². The fourth-order valence-electron chi connectivity index (χ4n) is 5.17. The Kier molecular flexibility index (Phi) is 10.6. The van der Waals surface area contributed by atoms with E-state index in [-0.39, 0.29) is 18.2 Å². The molecule has 10 heteroatoms. The van der Waals surface area contributed by atoms with Crippen molar-refractivity contribution < 1.29 is 33.0 Å². The molecule has 3 aromatic carbocycles. The number of hydrogen-bond acceptors (Lipinski definition) is 6. The summed E-state index contributed by atoms with van der Waals surface area (Å²) in [6.45, 7) is 0.293. The van der Waals surface area contributed by atoms with Crippen molar-refractivity contribution in [2.24, 2.45) is 0 Å². The summed E-state index contributed by atoms with van der Waals surface area (Å²) in [7, 11) is -3.73. The van der Waals surface area contributed by atoms with E-state index in [1.165, 1.54) is 4.90 Å². The minimum absolute atomic E-state index is 0.00174. The Morgan fingerprint density at radius 3 is 2.29 bits per heavy atom. The van der Waals surface area contributed by atoms with E-state index in [1.807, 2.05) is 47.2 Å². The van der Waals surface area contributed by atoms with Gasteiger partial charge in [0.15, 0.2) is 0 Å². The van der Waals surface area contributed by atoms with Crippen LogP contribution in [-0.2, 0) is 16.4 Å². The first-order valence-corrected chi connectivity index (χ1v) is 16.1. The number of carbonyl (C=O) groups is 2. The van der Waals surface area contributed by atoms with Gasteiger partial charge < -0.3 is 19.8 Å². The number of aryl methyl sites for hydroxylation is 1. The van der Waals surface area contributed by atoms with E-state index < -0.39 is 28.1 Å². The number of ether oxygens (including phenoxy) is 1. The predicted molar refractivity (Wildman–Crippen MR) is 161 cm³/mol. The zero-order valence-electron chi connectivity index (χ0n) is 23.7. The number of hydrogen-bond donors (Lipinski definition) is 3. The highest BCUT2D eigenvalue weighted by atomic mass is 32.2. The average Bonchev–Trinajstić information content (AvgIpc) is 2.97. The first kappa shape index (κ1) is 31.1. The molecule has 2 amide bonds. The average molecular weight is 595 g/mol. The van der Waals surface area contributed by atoms with Gasteiger partial charge in [-0.3, -0.25) is 4.79 Å². The molecule has 0 bridgehead atoms.